The van der Waals surface area contributed by atoms with E-state index >= 15 is 0 Å². The molecule has 14 heavy (non-hydrogen) atoms. The fraction of sp³-hybridized carbons (Fsp3) is 0.500. The summed E-state index contributed by atoms with van der Waals surface area (Å²) in [5.41, 5.74) is 0.863. The van der Waals surface area contributed by atoms with E-state index < -0.39 is 0 Å². The molecule has 0 aliphatic heterocycles. The Morgan fingerprint density at radius 1 is 1.21 bits per heavy atom. The van der Waals surface area contributed by atoms with Crippen LogP contribution in [0.15, 0.2) is 18.6 Å². The first-order chi connectivity index (χ1) is 6.70. The summed E-state index contributed by atoms with van der Waals surface area (Å²) in [5, 5.41) is 8.28. The Balaban J connectivity index is 2.53. The summed E-state index contributed by atoms with van der Waals surface area (Å²) in [6, 6.07) is 1.86. The predicted octanol–water partition coefficient (Wildman–Crippen LogP) is 1.88. The van der Waals surface area contributed by atoms with E-state index in [4.69, 9.17) is 0 Å². The highest BCUT2D eigenvalue weighted by molar-refractivity contribution is 5.35. The zero-order valence-electron chi connectivity index (χ0n) is 8.68. The van der Waals surface area contributed by atoms with Crippen LogP contribution in [0, 0.1) is 5.92 Å². The van der Waals surface area contributed by atoms with Gasteiger partial charge in [0.25, 0.3) is 0 Å². The summed E-state index contributed by atoms with van der Waals surface area (Å²) in [6.07, 6.45) is 3.50. The Morgan fingerprint density at radius 2 is 2.00 bits per heavy atom. The Morgan fingerprint density at radius 3 is 2.71 bits per heavy atom. The molecule has 1 atom stereocenters. The molecule has 74 valence electrons. The maximum atomic E-state index is 4.19. The van der Waals surface area contributed by atoms with Crippen molar-refractivity contribution in [2.45, 2.75) is 26.7 Å². The van der Waals surface area contributed by atoms with E-state index in [0.29, 0.717) is 11.8 Å². The van der Waals surface area contributed by atoms with E-state index in [1.807, 2.05) is 10.5 Å². The SMILES string of the molecule is CC(C)C(C)c1nnc2ccncn12. The number of rotatable bonds is 2. The van der Waals surface area contributed by atoms with Crippen LogP contribution in [0.2, 0.25) is 0 Å². The van der Waals surface area contributed by atoms with Crippen molar-refractivity contribution >= 4 is 5.65 Å². The molecule has 0 fully saturated rings. The van der Waals surface area contributed by atoms with E-state index in [9.17, 15) is 0 Å². The summed E-state index contributed by atoms with van der Waals surface area (Å²) in [4.78, 5) is 4.07. The molecule has 0 aliphatic carbocycles. The summed E-state index contributed by atoms with van der Waals surface area (Å²) in [5.74, 6) is 1.94. The van der Waals surface area contributed by atoms with Gasteiger partial charge in [-0.2, -0.15) is 0 Å². The van der Waals surface area contributed by atoms with Crippen molar-refractivity contribution in [3.8, 4) is 0 Å². The second kappa shape index (κ2) is 3.36. The molecular formula is C10H14N4. The molecule has 0 aromatic carbocycles. The maximum absolute atomic E-state index is 4.19. The molecule has 2 aromatic rings. The fourth-order valence-corrected chi connectivity index (χ4v) is 1.37. The zero-order chi connectivity index (χ0) is 10.1. The van der Waals surface area contributed by atoms with Crippen LogP contribution in [0.1, 0.15) is 32.5 Å². The van der Waals surface area contributed by atoms with Crippen LogP contribution in [0.3, 0.4) is 0 Å². The second-order valence-electron chi connectivity index (χ2n) is 3.90. The van der Waals surface area contributed by atoms with Gasteiger partial charge in [0.15, 0.2) is 5.65 Å². The molecule has 0 saturated heterocycles. The van der Waals surface area contributed by atoms with Gasteiger partial charge in [0.05, 0.1) is 0 Å². The summed E-state index contributed by atoms with van der Waals surface area (Å²) >= 11 is 0. The van der Waals surface area contributed by atoms with Gasteiger partial charge in [-0.1, -0.05) is 20.8 Å². The van der Waals surface area contributed by atoms with Crippen molar-refractivity contribution < 1.29 is 0 Å². The Labute approximate surface area is 83.0 Å². The molecule has 0 N–H and O–H groups in total. The molecule has 4 heteroatoms. The lowest BCUT2D eigenvalue weighted by molar-refractivity contribution is 0.506. The van der Waals surface area contributed by atoms with Crippen molar-refractivity contribution in [2.75, 3.05) is 0 Å². The number of hydrogen-bond acceptors (Lipinski definition) is 3. The monoisotopic (exact) mass is 190 g/mol. The molecule has 2 rings (SSSR count). The lowest BCUT2D eigenvalue weighted by Gasteiger charge is -2.12. The molecule has 0 amide bonds. The van der Waals surface area contributed by atoms with E-state index in [1.165, 1.54) is 0 Å². The third kappa shape index (κ3) is 1.36. The first-order valence-electron chi connectivity index (χ1n) is 4.85. The fourth-order valence-electron chi connectivity index (χ4n) is 1.37. The van der Waals surface area contributed by atoms with Crippen LogP contribution in [0.25, 0.3) is 5.65 Å². The van der Waals surface area contributed by atoms with E-state index in [2.05, 4.69) is 36.0 Å². The summed E-state index contributed by atoms with van der Waals surface area (Å²) < 4.78 is 1.95. The lowest BCUT2D eigenvalue weighted by atomic mass is 9.97. The number of aromatic nitrogens is 4. The Hall–Kier alpha value is -1.45. The Kier molecular flexibility index (Phi) is 2.19. The van der Waals surface area contributed by atoms with Gasteiger partial charge in [0.2, 0.25) is 0 Å². The molecule has 0 spiro atoms. The zero-order valence-corrected chi connectivity index (χ0v) is 8.68. The van der Waals surface area contributed by atoms with Gasteiger partial charge in [-0.15, -0.1) is 10.2 Å². The van der Waals surface area contributed by atoms with Crippen LogP contribution < -0.4 is 0 Å². The minimum Gasteiger partial charge on any atom is -0.269 e. The van der Waals surface area contributed by atoms with Gasteiger partial charge < -0.3 is 0 Å². The highest BCUT2D eigenvalue weighted by Gasteiger charge is 2.16. The topological polar surface area (TPSA) is 43.1 Å². The largest absolute Gasteiger partial charge is 0.269 e. The average Bonchev–Trinajstić information content (AvgIpc) is 2.60. The van der Waals surface area contributed by atoms with Gasteiger partial charge in [-0.25, -0.2) is 4.98 Å². The molecule has 1 unspecified atom stereocenters. The lowest BCUT2D eigenvalue weighted by Crippen LogP contribution is -2.07. The molecule has 2 heterocycles. The first kappa shape index (κ1) is 9.12. The molecule has 0 bridgehead atoms. The Bertz CT molecular complexity index is 432. The quantitative estimate of drug-likeness (QED) is 0.726. The van der Waals surface area contributed by atoms with Crippen molar-refractivity contribution in [2.24, 2.45) is 5.92 Å². The van der Waals surface area contributed by atoms with Crippen LogP contribution in [-0.4, -0.2) is 19.6 Å². The average molecular weight is 190 g/mol. The first-order valence-corrected chi connectivity index (χ1v) is 4.85. The third-order valence-corrected chi connectivity index (χ3v) is 2.65. The minimum absolute atomic E-state index is 0.397. The smallest absolute Gasteiger partial charge is 0.163 e. The van der Waals surface area contributed by atoms with Crippen LogP contribution in [0.5, 0.6) is 0 Å². The van der Waals surface area contributed by atoms with Crippen molar-refractivity contribution in [1.29, 1.82) is 0 Å². The van der Waals surface area contributed by atoms with Crippen LogP contribution in [-0.2, 0) is 0 Å². The number of fused-ring (bicyclic) bond motifs is 1. The highest BCUT2D eigenvalue weighted by atomic mass is 15.3. The standard InChI is InChI=1S/C10H14N4/c1-7(2)8(3)10-13-12-9-4-5-11-6-14(9)10/h4-8H,1-3H3. The molecular weight excluding hydrogens is 176 g/mol. The summed E-state index contributed by atoms with van der Waals surface area (Å²) in [6.45, 7) is 6.53. The molecule has 0 saturated carbocycles. The minimum atomic E-state index is 0.397. The molecule has 4 nitrogen and oxygen atoms in total. The van der Waals surface area contributed by atoms with E-state index in [0.717, 1.165) is 11.5 Å². The van der Waals surface area contributed by atoms with Gasteiger partial charge in [-0.3, -0.25) is 4.40 Å². The van der Waals surface area contributed by atoms with E-state index in [1.54, 1.807) is 12.5 Å². The van der Waals surface area contributed by atoms with Crippen molar-refractivity contribution in [3.63, 3.8) is 0 Å². The van der Waals surface area contributed by atoms with E-state index in [-0.39, 0.29) is 0 Å². The third-order valence-electron chi connectivity index (χ3n) is 2.65. The van der Waals surface area contributed by atoms with Crippen LogP contribution >= 0.6 is 0 Å². The number of hydrogen-bond donors (Lipinski definition) is 0. The highest BCUT2D eigenvalue weighted by Crippen LogP contribution is 2.21. The van der Waals surface area contributed by atoms with Crippen molar-refractivity contribution in [1.82, 2.24) is 19.6 Å². The van der Waals surface area contributed by atoms with Gasteiger partial charge in [-0.05, 0) is 5.92 Å². The van der Waals surface area contributed by atoms with Gasteiger partial charge >= 0.3 is 0 Å². The normalized spacial score (nSPS) is 13.7. The van der Waals surface area contributed by atoms with Crippen LogP contribution in [0.4, 0.5) is 0 Å². The second-order valence-corrected chi connectivity index (χ2v) is 3.90. The molecule has 0 aliphatic rings. The molecule has 0 radical (unpaired) electrons. The summed E-state index contributed by atoms with van der Waals surface area (Å²) in [7, 11) is 0. The molecule has 2 aromatic heterocycles. The van der Waals surface area contributed by atoms with Gasteiger partial charge in [0.1, 0.15) is 12.2 Å². The van der Waals surface area contributed by atoms with Crippen molar-refractivity contribution in [3.05, 3.63) is 24.4 Å². The predicted molar refractivity (Wildman–Crippen MR) is 54.0 cm³/mol. The van der Waals surface area contributed by atoms with Gasteiger partial charge in [0, 0.05) is 18.2 Å². The number of nitrogens with zero attached hydrogens (tertiary/aromatic N) is 4. The maximum Gasteiger partial charge on any atom is 0.163 e.